The van der Waals surface area contributed by atoms with Crippen LogP contribution < -0.4 is 0 Å². The molecule has 5 nitrogen and oxygen atoms in total. The predicted octanol–water partition coefficient (Wildman–Crippen LogP) is 2.17. The number of nitrogens with zero attached hydrogens (tertiary/aromatic N) is 2. The van der Waals surface area contributed by atoms with Crippen molar-refractivity contribution >= 4 is 11.6 Å². The van der Waals surface area contributed by atoms with Gasteiger partial charge in [0.25, 0.3) is 0 Å². The molecule has 0 radical (unpaired) electrons. The number of H-pyrrole nitrogens is 1. The number of hydrogen-bond donors (Lipinski definition) is 1. The van der Waals surface area contributed by atoms with Gasteiger partial charge < -0.3 is 4.98 Å². The van der Waals surface area contributed by atoms with Gasteiger partial charge in [-0.25, -0.2) is 4.98 Å². The van der Waals surface area contributed by atoms with Crippen LogP contribution in [0.1, 0.15) is 57.2 Å². The number of carbonyl (C=O) groups is 2. The number of imidazole rings is 1. The minimum atomic E-state index is -0.161. The van der Waals surface area contributed by atoms with Crippen LogP contribution in [-0.4, -0.2) is 39.5 Å². The minimum absolute atomic E-state index is 0.136. The molecule has 0 atom stereocenters. The maximum Gasteiger partial charge on any atom is 0.214 e. The summed E-state index contributed by atoms with van der Waals surface area (Å²) in [5, 5.41) is 0. The number of nitrogens with one attached hydrogen (secondary N) is 1. The van der Waals surface area contributed by atoms with Crippen LogP contribution in [0.3, 0.4) is 0 Å². The van der Waals surface area contributed by atoms with Gasteiger partial charge in [-0.3, -0.25) is 14.5 Å². The van der Waals surface area contributed by atoms with E-state index in [1.165, 1.54) is 19.3 Å². The lowest BCUT2D eigenvalue weighted by atomic mass is 9.90. The van der Waals surface area contributed by atoms with Crippen molar-refractivity contribution in [2.75, 3.05) is 13.1 Å². The fourth-order valence-corrected chi connectivity index (χ4v) is 3.30. The molecule has 112 valence electrons. The van der Waals surface area contributed by atoms with Crippen LogP contribution in [0.4, 0.5) is 0 Å². The molecule has 5 heteroatoms. The van der Waals surface area contributed by atoms with E-state index >= 15 is 0 Å². The maximum atomic E-state index is 12.5. The van der Waals surface area contributed by atoms with Gasteiger partial charge in [0.15, 0.2) is 0 Å². The molecule has 22 heavy (non-hydrogen) atoms. The highest BCUT2D eigenvalue weighted by Crippen LogP contribution is 2.26. The first kappa shape index (κ1) is 13.4. The maximum absolute atomic E-state index is 12.5. The zero-order valence-electron chi connectivity index (χ0n) is 12.3. The first-order valence-electron chi connectivity index (χ1n) is 7.74. The Morgan fingerprint density at radius 2 is 1.68 bits per heavy atom. The lowest BCUT2D eigenvalue weighted by Crippen LogP contribution is -2.29. The zero-order chi connectivity index (χ0) is 15.1. The normalized spacial score (nSPS) is 18.2. The van der Waals surface area contributed by atoms with Gasteiger partial charge in [0.05, 0.1) is 6.54 Å². The van der Waals surface area contributed by atoms with E-state index in [0.29, 0.717) is 29.2 Å². The lowest BCUT2D eigenvalue weighted by molar-refractivity contribution is 0.0974. The van der Waals surface area contributed by atoms with Crippen molar-refractivity contribution in [3.05, 3.63) is 52.6 Å². The summed E-state index contributed by atoms with van der Waals surface area (Å²) in [6.45, 7) is 2.77. The molecule has 1 aliphatic heterocycles. The van der Waals surface area contributed by atoms with E-state index in [9.17, 15) is 9.59 Å². The Balaban J connectivity index is 1.67. The Morgan fingerprint density at radius 3 is 2.41 bits per heavy atom. The van der Waals surface area contributed by atoms with E-state index < -0.39 is 0 Å². The highest BCUT2D eigenvalue weighted by atomic mass is 16.1. The first-order chi connectivity index (χ1) is 10.7. The molecule has 2 aromatic rings. The zero-order valence-corrected chi connectivity index (χ0v) is 12.3. The Bertz CT molecular complexity index is 705. The molecule has 0 unspecified atom stereocenters. The molecule has 0 amide bonds. The molecule has 1 fully saturated rings. The Kier molecular flexibility index (Phi) is 3.15. The molecule has 0 spiro atoms. The Hall–Kier alpha value is -2.27. The van der Waals surface area contributed by atoms with Crippen molar-refractivity contribution < 1.29 is 9.59 Å². The molecular weight excluding hydrogens is 278 g/mol. The number of rotatable bonds is 2. The minimum Gasteiger partial charge on any atom is -0.338 e. The number of likely N-dealkylation sites (tertiary alicyclic amines) is 1. The Labute approximate surface area is 128 Å². The highest BCUT2D eigenvalue weighted by molar-refractivity contribution is 6.27. The summed E-state index contributed by atoms with van der Waals surface area (Å²) in [5.41, 5.74) is 1.54. The van der Waals surface area contributed by atoms with Crippen LogP contribution in [0, 0.1) is 0 Å². The van der Waals surface area contributed by atoms with E-state index in [0.717, 1.165) is 13.1 Å². The van der Waals surface area contributed by atoms with Crippen molar-refractivity contribution in [3.63, 3.8) is 0 Å². The molecule has 2 aliphatic rings. The smallest absolute Gasteiger partial charge is 0.214 e. The van der Waals surface area contributed by atoms with Crippen LogP contribution in [-0.2, 0) is 6.54 Å². The van der Waals surface area contributed by atoms with Gasteiger partial charge in [-0.2, -0.15) is 0 Å². The van der Waals surface area contributed by atoms with Gasteiger partial charge in [-0.1, -0.05) is 30.7 Å². The highest BCUT2D eigenvalue weighted by Gasteiger charge is 2.33. The van der Waals surface area contributed by atoms with Gasteiger partial charge in [-0.05, 0) is 25.9 Å². The van der Waals surface area contributed by atoms with E-state index in [1.54, 1.807) is 24.3 Å². The van der Waals surface area contributed by atoms with Gasteiger partial charge in [-0.15, -0.1) is 0 Å². The SMILES string of the molecule is O=C1c2ccccc2C(=O)c2[nH]c(CN3CCCCC3)nc21. The Morgan fingerprint density at radius 1 is 1.00 bits per heavy atom. The summed E-state index contributed by atoms with van der Waals surface area (Å²) in [7, 11) is 0. The lowest BCUT2D eigenvalue weighted by Gasteiger charge is -2.25. The average molecular weight is 295 g/mol. The fraction of sp³-hybridized carbons (Fsp3) is 0.353. The molecule has 0 saturated carbocycles. The van der Waals surface area contributed by atoms with Crippen molar-refractivity contribution in [1.82, 2.24) is 14.9 Å². The molecule has 1 N–H and O–H groups in total. The average Bonchev–Trinajstić information content (AvgIpc) is 2.98. The van der Waals surface area contributed by atoms with Crippen LogP contribution in [0.2, 0.25) is 0 Å². The molecule has 1 aliphatic carbocycles. The van der Waals surface area contributed by atoms with E-state index in [2.05, 4.69) is 14.9 Å². The number of aromatic nitrogens is 2. The van der Waals surface area contributed by atoms with Crippen molar-refractivity contribution in [3.8, 4) is 0 Å². The van der Waals surface area contributed by atoms with E-state index in [-0.39, 0.29) is 17.3 Å². The van der Waals surface area contributed by atoms with Gasteiger partial charge >= 0.3 is 0 Å². The van der Waals surface area contributed by atoms with Gasteiger partial charge in [0, 0.05) is 11.1 Å². The number of aromatic amines is 1. The van der Waals surface area contributed by atoms with E-state index in [4.69, 9.17) is 0 Å². The van der Waals surface area contributed by atoms with Gasteiger partial charge in [0.1, 0.15) is 17.2 Å². The number of piperidine rings is 1. The molecule has 2 heterocycles. The second-order valence-corrected chi connectivity index (χ2v) is 5.95. The summed E-state index contributed by atoms with van der Waals surface area (Å²) < 4.78 is 0. The monoisotopic (exact) mass is 295 g/mol. The van der Waals surface area contributed by atoms with Crippen molar-refractivity contribution in [2.24, 2.45) is 0 Å². The molecule has 4 rings (SSSR count). The quantitative estimate of drug-likeness (QED) is 0.787. The molecular formula is C17H17N3O2. The second kappa shape index (κ2) is 5.18. The summed E-state index contributed by atoms with van der Waals surface area (Å²) in [5.74, 6) is 0.412. The number of fused-ring (bicyclic) bond motifs is 2. The summed E-state index contributed by atoms with van der Waals surface area (Å²) in [6.07, 6.45) is 3.67. The van der Waals surface area contributed by atoms with Crippen molar-refractivity contribution in [1.29, 1.82) is 0 Å². The standard InChI is InChI=1S/C17H17N3O2/c21-16-11-6-2-3-7-12(11)17(22)15-14(16)18-13(19-15)10-20-8-4-1-5-9-20/h2-3,6-7H,1,4-5,8-10H2,(H,18,19). The van der Waals surface area contributed by atoms with Crippen LogP contribution in [0.5, 0.6) is 0 Å². The molecule has 0 bridgehead atoms. The number of ketones is 2. The van der Waals surface area contributed by atoms with Crippen LogP contribution in [0.25, 0.3) is 0 Å². The number of benzene rings is 1. The predicted molar refractivity (Wildman–Crippen MR) is 81.0 cm³/mol. The third-order valence-electron chi connectivity index (χ3n) is 4.43. The second-order valence-electron chi connectivity index (χ2n) is 5.95. The number of carbonyl (C=O) groups excluding carboxylic acids is 2. The van der Waals surface area contributed by atoms with Crippen LogP contribution in [0.15, 0.2) is 24.3 Å². The van der Waals surface area contributed by atoms with Crippen LogP contribution >= 0.6 is 0 Å². The van der Waals surface area contributed by atoms with E-state index in [1.807, 2.05) is 0 Å². The topological polar surface area (TPSA) is 66.1 Å². The molecule has 1 aromatic heterocycles. The number of hydrogen-bond acceptors (Lipinski definition) is 4. The fourth-order valence-electron chi connectivity index (χ4n) is 3.30. The summed E-state index contributed by atoms with van der Waals surface area (Å²) >= 11 is 0. The summed E-state index contributed by atoms with van der Waals surface area (Å²) in [4.78, 5) is 34.8. The molecule has 1 saturated heterocycles. The largest absolute Gasteiger partial charge is 0.338 e. The molecule has 1 aromatic carbocycles. The summed E-state index contributed by atoms with van der Waals surface area (Å²) in [6, 6.07) is 6.94. The van der Waals surface area contributed by atoms with Crippen molar-refractivity contribution in [2.45, 2.75) is 25.8 Å². The third-order valence-corrected chi connectivity index (χ3v) is 4.43. The third kappa shape index (κ3) is 2.09. The first-order valence-corrected chi connectivity index (χ1v) is 7.74. The van der Waals surface area contributed by atoms with Gasteiger partial charge in [0.2, 0.25) is 11.6 Å².